The molecule has 0 spiro atoms. The second kappa shape index (κ2) is 5.47. The Hall–Kier alpha value is -1.13. The topological polar surface area (TPSA) is 53.4 Å². The van der Waals surface area contributed by atoms with Crippen LogP contribution in [0.15, 0.2) is 18.3 Å². The van der Waals surface area contributed by atoms with Gasteiger partial charge in [0.05, 0.1) is 5.56 Å². The van der Waals surface area contributed by atoms with Crippen LogP contribution < -0.4 is 0 Å². The van der Waals surface area contributed by atoms with E-state index in [9.17, 15) is 4.79 Å². The fourth-order valence-corrected chi connectivity index (χ4v) is 2.23. The van der Waals surface area contributed by atoms with Gasteiger partial charge < -0.3 is 10.0 Å². The molecule has 0 saturated carbocycles. The maximum absolute atomic E-state index is 12.2. The minimum Gasteiger partial charge on any atom is -0.396 e. The summed E-state index contributed by atoms with van der Waals surface area (Å²) in [4.78, 5) is 17.8. The molecule has 0 unspecified atom stereocenters. The van der Waals surface area contributed by atoms with E-state index < -0.39 is 0 Å². The lowest BCUT2D eigenvalue weighted by Gasteiger charge is -2.31. The minimum atomic E-state index is -0.0699. The molecule has 1 aliphatic rings. The quantitative estimate of drug-likeness (QED) is 0.816. The smallest absolute Gasteiger partial charge is 0.256 e. The van der Waals surface area contributed by atoms with E-state index in [4.69, 9.17) is 16.7 Å². The number of likely N-dealkylation sites (tertiary alicyclic amines) is 1. The highest BCUT2D eigenvalue weighted by Crippen LogP contribution is 2.20. The lowest BCUT2D eigenvalue weighted by Crippen LogP contribution is -2.39. The monoisotopic (exact) mass is 254 g/mol. The van der Waals surface area contributed by atoms with Crippen LogP contribution in [0.1, 0.15) is 23.2 Å². The van der Waals surface area contributed by atoms with E-state index in [0.717, 1.165) is 12.8 Å². The molecule has 0 radical (unpaired) electrons. The Balaban J connectivity index is 2.04. The summed E-state index contributed by atoms with van der Waals surface area (Å²) in [5.41, 5.74) is 0.455. The van der Waals surface area contributed by atoms with Crippen molar-refractivity contribution in [2.75, 3.05) is 19.7 Å². The Labute approximate surface area is 105 Å². The van der Waals surface area contributed by atoms with Crippen LogP contribution >= 0.6 is 11.6 Å². The Bertz CT molecular complexity index is 403. The molecule has 2 heterocycles. The summed E-state index contributed by atoms with van der Waals surface area (Å²) in [6, 6.07) is 3.40. The van der Waals surface area contributed by atoms with Crippen LogP contribution in [0.2, 0.25) is 5.15 Å². The lowest BCUT2D eigenvalue weighted by molar-refractivity contribution is 0.0650. The van der Waals surface area contributed by atoms with E-state index >= 15 is 0 Å². The Morgan fingerprint density at radius 2 is 2.24 bits per heavy atom. The first kappa shape index (κ1) is 12.3. The Morgan fingerprint density at radius 1 is 1.53 bits per heavy atom. The zero-order valence-corrected chi connectivity index (χ0v) is 10.2. The van der Waals surface area contributed by atoms with E-state index in [2.05, 4.69) is 4.98 Å². The predicted octanol–water partition coefficient (Wildman–Crippen LogP) is 1.58. The van der Waals surface area contributed by atoms with Crippen molar-refractivity contribution in [3.63, 3.8) is 0 Å². The number of hydrogen-bond donors (Lipinski definition) is 1. The number of aliphatic hydroxyl groups excluding tert-OH is 1. The van der Waals surface area contributed by atoms with Crippen LogP contribution in [0.5, 0.6) is 0 Å². The number of piperidine rings is 1. The first-order chi connectivity index (χ1) is 8.22. The molecule has 0 aliphatic carbocycles. The summed E-state index contributed by atoms with van der Waals surface area (Å²) in [7, 11) is 0. The molecule has 1 fully saturated rings. The molecule has 0 bridgehead atoms. The maximum atomic E-state index is 12.2. The van der Waals surface area contributed by atoms with Crippen molar-refractivity contribution in [3.05, 3.63) is 29.0 Å². The number of pyridine rings is 1. The van der Waals surface area contributed by atoms with Crippen LogP contribution in [0.4, 0.5) is 0 Å². The highest BCUT2D eigenvalue weighted by atomic mass is 35.5. The number of aromatic nitrogens is 1. The molecule has 17 heavy (non-hydrogen) atoms. The number of hydrogen-bond acceptors (Lipinski definition) is 3. The van der Waals surface area contributed by atoms with Gasteiger partial charge in [-0.3, -0.25) is 4.79 Å². The van der Waals surface area contributed by atoms with Crippen LogP contribution in [0.25, 0.3) is 0 Å². The van der Waals surface area contributed by atoms with Crippen LogP contribution in [0.3, 0.4) is 0 Å². The van der Waals surface area contributed by atoms with Gasteiger partial charge in [-0.25, -0.2) is 4.98 Å². The Kier molecular flexibility index (Phi) is 3.97. The van der Waals surface area contributed by atoms with Gasteiger partial charge in [0.25, 0.3) is 5.91 Å². The van der Waals surface area contributed by atoms with Crippen molar-refractivity contribution in [1.29, 1.82) is 0 Å². The molecule has 1 saturated heterocycles. The highest BCUT2D eigenvalue weighted by molar-refractivity contribution is 6.32. The first-order valence-electron chi connectivity index (χ1n) is 5.73. The van der Waals surface area contributed by atoms with Gasteiger partial charge in [0.2, 0.25) is 0 Å². The molecule has 92 valence electrons. The molecule has 1 aromatic heterocycles. The zero-order chi connectivity index (χ0) is 12.3. The van der Waals surface area contributed by atoms with E-state index in [1.54, 1.807) is 23.2 Å². The largest absolute Gasteiger partial charge is 0.396 e. The SMILES string of the molecule is O=C(c1cccnc1Cl)N1CCC(CO)CC1. The predicted molar refractivity (Wildman–Crippen MR) is 65.0 cm³/mol. The number of aliphatic hydroxyl groups is 1. The van der Waals surface area contributed by atoms with E-state index in [-0.39, 0.29) is 17.7 Å². The Morgan fingerprint density at radius 3 is 2.82 bits per heavy atom. The number of nitrogens with zero attached hydrogens (tertiary/aromatic N) is 2. The van der Waals surface area contributed by atoms with E-state index in [1.165, 1.54) is 0 Å². The average molecular weight is 255 g/mol. The van der Waals surface area contributed by atoms with Gasteiger partial charge in [-0.05, 0) is 30.9 Å². The normalized spacial score (nSPS) is 17.2. The molecule has 2 rings (SSSR count). The highest BCUT2D eigenvalue weighted by Gasteiger charge is 2.24. The first-order valence-corrected chi connectivity index (χ1v) is 6.11. The maximum Gasteiger partial charge on any atom is 0.256 e. The standard InChI is InChI=1S/C12H15ClN2O2/c13-11-10(2-1-5-14-11)12(17)15-6-3-9(8-16)4-7-15/h1-2,5,9,16H,3-4,6-8H2. The summed E-state index contributed by atoms with van der Waals surface area (Å²) in [5, 5.41) is 9.29. The third-order valence-corrected chi connectivity index (χ3v) is 3.45. The lowest BCUT2D eigenvalue weighted by atomic mass is 9.97. The third kappa shape index (κ3) is 2.76. The van der Waals surface area contributed by atoms with Crippen molar-refractivity contribution in [1.82, 2.24) is 9.88 Å². The summed E-state index contributed by atoms with van der Waals surface area (Å²) >= 11 is 5.90. The van der Waals surface area contributed by atoms with Gasteiger partial charge in [0, 0.05) is 25.9 Å². The summed E-state index contributed by atoms with van der Waals surface area (Å²) in [5.74, 6) is 0.253. The molecule has 5 heteroatoms. The molecule has 1 N–H and O–H groups in total. The van der Waals surface area contributed by atoms with Crippen molar-refractivity contribution < 1.29 is 9.90 Å². The van der Waals surface area contributed by atoms with Crippen molar-refractivity contribution >= 4 is 17.5 Å². The van der Waals surface area contributed by atoms with Gasteiger partial charge in [-0.2, -0.15) is 0 Å². The fraction of sp³-hybridized carbons (Fsp3) is 0.500. The van der Waals surface area contributed by atoms with Crippen molar-refractivity contribution in [2.24, 2.45) is 5.92 Å². The van der Waals surface area contributed by atoms with E-state index in [1.807, 2.05) is 0 Å². The van der Waals surface area contributed by atoms with Gasteiger partial charge in [-0.1, -0.05) is 11.6 Å². The number of amides is 1. The van der Waals surface area contributed by atoms with Crippen molar-refractivity contribution in [3.8, 4) is 0 Å². The summed E-state index contributed by atoms with van der Waals surface area (Å²) < 4.78 is 0. The molecule has 0 aromatic carbocycles. The van der Waals surface area contributed by atoms with E-state index in [0.29, 0.717) is 24.6 Å². The molecular formula is C12H15ClN2O2. The third-order valence-electron chi connectivity index (χ3n) is 3.15. The minimum absolute atomic E-state index is 0.0699. The average Bonchev–Trinajstić information content (AvgIpc) is 2.39. The number of carbonyl (C=O) groups excluding carboxylic acids is 1. The fourth-order valence-electron chi connectivity index (χ4n) is 2.03. The molecule has 1 amide bonds. The van der Waals surface area contributed by atoms with Gasteiger partial charge in [0.1, 0.15) is 5.15 Å². The number of carbonyl (C=O) groups is 1. The number of rotatable bonds is 2. The molecular weight excluding hydrogens is 240 g/mol. The second-order valence-electron chi connectivity index (χ2n) is 4.26. The molecule has 0 atom stereocenters. The molecule has 1 aromatic rings. The second-order valence-corrected chi connectivity index (χ2v) is 4.62. The van der Waals surface area contributed by atoms with Gasteiger partial charge in [0.15, 0.2) is 0 Å². The van der Waals surface area contributed by atoms with Crippen molar-refractivity contribution in [2.45, 2.75) is 12.8 Å². The number of halogens is 1. The molecule has 1 aliphatic heterocycles. The van der Waals surface area contributed by atoms with Gasteiger partial charge >= 0.3 is 0 Å². The zero-order valence-electron chi connectivity index (χ0n) is 9.47. The van der Waals surface area contributed by atoms with Crippen LogP contribution in [0, 0.1) is 5.92 Å². The summed E-state index contributed by atoms with van der Waals surface area (Å²) in [6.45, 7) is 1.56. The van der Waals surface area contributed by atoms with Crippen LogP contribution in [-0.2, 0) is 0 Å². The van der Waals surface area contributed by atoms with Gasteiger partial charge in [-0.15, -0.1) is 0 Å². The van der Waals surface area contributed by atoms with Crippen LogP contribution in [-0.4, -0.2) is 40.6 Å². The molecule has 4 nitrogen and oxygen atoms in total. The summed E-state index contributed by atoms with van der Waals surface area (Å²) in [6.07, 6.45) is 3.26.